The van der Waals surface area contributed by atoms with Crippen LogP contribution in [0.25, 0.3) is 5.65 Å². The van der Waals surface area contributed by atoms with Crippen molar-refractivity contribution in [3.8, 4) is 5.75 Å². The first-order chi connectivity index (χ1) is 12.4. The molecule has 0 aliphatic carbocycles. The van der Waals surface area contributed by atoms with E-state index < -0.39 is 0 Å². The van der Waals surface area contributed by atoms with Crippen LogP contribution in [0.5, 0.6) is 5.75 Å². The predicted molar refractivity (Wildman–Crippen MR) is 101 cm³/mol. The Hall–Kier alpha value is -2.60. The quantitative estimate of drug-likeness (QED) is 0.745. The largest absolute Gasteiger partial charge is 0.496 e. The zero-order valence-electron chi connectivity index (χ0n) is 15.2. The molecule has 0 fully saturated rings. The van der Waals surface area contributed by atoms with Gasteiger partial charge in [-0.15, -0.1) is 0 Å². The van der Waals surface area contributed by atoms with Crippen molar-refractivity contribution in [1.29, 1.82) is 0 Å². The van der Waals surface area contributed by atoms with Crippen LogP contribution < -0.4 is 10.1 Å². The van der Waals surface area contributed by atoms with Crippen LogP contribution in [0, 0.1) is 13.8 Å². The highest BCUT2D eigenvalue weighted by molar-refractivity contribution is 6.36. The van der Waals surface area contributed by atoms with E-state index in [0.717, 1.165) is 22.7 Å². The number of methoxy groups -OCH3 is 1. The van der Waals surface area contributed by atoms with Crippen LogP contribution in [0.3, 0.4) is 0 Å². The van der Waals surface area contributed by atoms with E-state index in [1.807, 2.05) is 51.1 Å². The number of carbonyl (C=O) groups is 1. The van der Waals surface area contributed by atoms with Gasteiger partial charge < -0.3 is 10.1 Å². The number of hydrogen-bond donors (Lipinski definition) is 1. The van der Waals surface area contributed by atoms with Gasteiger partial charge in [0.05, 0.1) is 7.11 Å². The van der Waals surface area contributed by atoms with Gasteiger partial charge >= 0.3 is 0 Å². The fraction of sp³-hybridized carbons (Fsp3) is 0.316. The molecule has 0 aliphatic heterocycles. The van der Waals surface area contributed by atoms with Gasteiger partial charge in [0.25, 0.3) is 5.91 Å². The van der Waals surface area contributed by atoms with E-state index in [9.17, 15) is 4.79 Å². The molecule has 1 amide bonds. The van der Waals surface area contributed by atoms with Crippen molar-refractivity contribution in [2.24, 2.45) is 0 Å². The first-order valence-corrected chi connectivity index (χ1v) is 8.73. The third-order valence-corrected chi connectivity index (χ3v) is 4.50. The SMILES string of the molecule is COc1ccccc1C[C@H](C)NC(=O)c1nn2c(C)cc(C)nc2c1Cl. The van der Waals surface area contributed by atoms with Crippen LogP contribution >= 0.6 is 11.6 Å². The van der Waals surface area contributed by atoms with Crippen molar-refractivity contribution in [3.05, 3.63) is 58.0 Å². The van der Waals surface area contributed by atoms with E-state index in [2.05, 4.69) is 15.4 Å². The minimum atomic E-state index is -0.319. The second-order valence-corrected chi connectivity index (χ2v) is 6.71. The van der Waals surface area contributed by atoms with Crippen molar-refractivity contribution in [2.45, 2.75) is 33.2 Å². The molecular weight excluding hydrogens is 352 g/mol. The van der Waals surface area contributed by atoms with Gasteiger partial charge in [-0.1, -0.05) is 29.8 Å². The fourth-order valence-corrected chi connectivity index (χ4v) is 3.23. The fourth-order valence-electron chi connectivity index (χ4n) is 2.98. The third-order valence-electron chi connectivity index (χ3n) is 4.15. The topological polar surface area (TPSA) is 68.5 Å². The lowest BCUT2D eigenvalue weighted by Gasteiger charge is -2.15. The summed E-state index contributed by atoms with van der Waals surface area (Å²) in [4.78, 5) is 17.0. The van der Waals surface area contributed by atoms with Gasteiger partial charge in [-0.05, 0) is 44.9 Å². The van der Waals surface area contributed by atoms with Crippen LogP contribution in [-0.2, 0) is 6.42 Å². The molecular formula is C19H21ClN4O2. The second-order valence-electron chi connectivity index (χ2n) is 6.33. The highest BCUT2D eigenvalue weighted by Crippen LogP contribution is 2.23. The average Bonchev–Trinajstić information content (AvgIpc) is 2.92. The van der Waals surface area contributed by atoms with E-state index in [4.69, 9.17) is 16.3 Å². The van der Waals surface area contributed by atoms with Crippen molar-refractivity contribution >= 4 is 23.2 Å². The smallest absolute Gasteiger partial charge is 0.273 e. The summed E-state index contributed by atoms with van der Waals surface area (Å²) < 4.78 is 6.95. The predicted octanol–water partition coefficient (Wildman–Crippen LogP) is 3.37. The van der Waals surface area contributed by atoms with Gasteiger partial charge in [-0.2, -0.15) is 5.10 Å². The number of nitrogens with one attached hydrogen (secondary N) is 1. The number of para-hydroxylation sites is 1. The van der Waals surface area contributed by atoms with Crippen molar-refractivity contribution in [2.75, 3.05) is 7.11 Å². The molecule has 0 unspecified atom stereocenters. The lowest BCUT2D eigenvalue weighted by Crippen LogP contribution is -2.34. The normalized spacial score (nSPS) is 12.2. The summed E-state index contributed by atoms with van der Waals surface area (Å²) in [5.41, 5.74) is 3.40. The Labute approximate surface area is 157 Å². The maximum Gasteiger partial charge on any atom is 0.273 e. The molecule has 2 heterocycles. The average molecular weight is 373 g/mol. The van der Waals surface area contributed by atoms with Gasteiger partial charge in [0.2, 0.25) is 0 Å². The molecule has 3 aromatic rings. The molecule has 1 aromatic carbocycles. The first kappa shape index (κ1) is 18.2. The van der Waals surface area contributed by atoms with Crippen LogP contribution in [0.4, 0.5) is 0 Å². The Morgan fingerprint density at radius 2 is 2.08 bits per heavy atom. The molecule has 6 nitrogen and oxygen atoms in total. The zero-order valence-corrected chi connectivity index (χ0v) is 16.0. The third kappa shape index (κ3) is 3.51. The van der Waals surface area contributed by atoms with Crippen LogP contribution in [0.15, 0.2) is 30.3 Å². The summed E-state index contributed by atoms with van der Waals surface area (Å²) in [6.07, 6.45) is 0.636. The van der Waals surface area contributed by atoms with E-state index in [0.29, 0.717) is 12.1 Å². The monoisotopic (exact) mass is 372 g/mol. The Kier molecular flexibility index (Phi) is 5.13. The van der Waals surface area contributed by atoms with E-state index >= 15 is 0 Å². The summed E-state index contributed by atoms with van der Waals surface area (Å²) in [6.45, 7) is 5.71. The molecule has 0 aliphatic rings. The maximum absolute atomic E-state index is 12.7. The number of benzene rings is 1. The number of amides is 1. The van der Waals surface area contributed by atoms with Gasteiger partial charge in [-0.3, -0.25) is 4.79 Å². The van der Waals surface area contributed by atoms with Gasteiger partial charge in [0.1, 0.15) is 10.8 Å². The number of hydrogen-bond acceptors (Lipinski definition) is 4. The lowest BCUT2D eigenvalue weighted by atomic mass is 10.1. The number of fused-ring (bicyclic) bond motifs is 1. The Morgan fingerprint density at radius 3 is 2.81 bits per heavy atom. The van der Waals surface area contributed by atoms with Crippen LogP contribution in [-0.4, -0.2) is 33.7 Å². The zero-order chi connectivity index (χ0) is 18.8. The van der Waals surface area contributed by atoms with Crippen molar-refractivity contribution in [3.63, 3.8) is 0 Å². The molecule has 1 atom stereocenters. The molecule has 136 valence electrons. The Morgan fingerprint density at radius 1 is 1.35 bits per heavy atom. The summed E-state index contributed by atoms with van der Waals surface area (Å²) in [5.74, 6) is 0.481. The number of aryl methyl sites for hydroxylation is 2. The first-order valence-electron chi connectivity index (χ1n) is 8.36. The summed E-state index contributed by atoms with van der Waals surface area (Å²) >= 11 is 6.36. The highest BCUT2D eigenvalue weighted by atomic mass is 35.5. The van der Waals surface area contributed by atoms with Gasteiger partial charge in [0.15, 0.2) is 11.3 Å². The number of aromatic nitrogens is 3. The number of rotatable bonds is 5. The van der Waals surface area contributed by atoms with Crippen molar-refractivity contribution in [1.82, 2.24) is 19.9 Å². The van der Waals surface area contributed by atoms with E-state index in [1.54, 1.807) is 11.6 Å². The summed E-state index contributed by atoms with van der Waals surface area (Å²) in [7, 11) is 1.63. The molecule has 0 saturated carbocycles. The summed E-state index contributed by atoms with van der Waals surface area (Å²) in [5, 5.41) is 7.54. The Bertz CT molecular complexity index is 968. The molecule has 0 radical (unpaired) electrons. The van der Waals surface area contributed by atoms with Gasteiger partial charge in [-0.25, -0.2) is 9.50 Å². The van der Waals surface area contributed by atoms with Crippen LogP contribution in [0.2, 0.25) is 5.02 Å². The lowest BCUT2D eigenvalue weighted by molar-refractivity contribution is 0.0934. The van der Waals surface area contributed by atoms with E-state index in [1.165, 1.54) is 0 Å². The van der Waals surface area contributed by atoms with Crippen LogP contribution in [0.1, 0.15) is 34.4 Å². The molecule has 0 spiro atoms. The van der Waals surface area contributed by atoms with Gasteiger partial charge in [0, 0.05) is 17.4 Å². The van der Waals surface area contributed by atoms with Crippen molar-refractivity contribution < 1.29 is 9.53 Å². The second kappa shape index (κ2) is 7.33. The van der Waals surface area contributed by atoms with E-state index in [-0.39, 0.29) is 22.7 Å². The number of carbonyl (C=O) groups excluding carboxylic acids is 1. The molecule has 1 N–H and O–H groups in total. The minimum Gasteiger partial charge on any atom is -0.496 e. The molecule has 0 bridgehead atoms. The standard InChI is InChI=1S/C19H21ClN4O2/c1-11-9-13(3)24-18(21-11)16(20)17(23-24)19(25)22-12(2)10-14-7-5-6-8-15(14)26-4/h5-9,12H,10H2,1-4H3,(H,22,25)/t12-/m0/s1. The molecule has 0 saturated heterocycles. The number of halogens is 1. The molecule has 3 rings (SSSR count). The molecule has 7 heteroatoms. The summed E-state index contributed by atoms with van der Waals surface area (Å²) in [6, 6.07) is 9.52. The highest BCUT2D eigenvalue weighted by Gasteiger charge is 2.21. The number of nitrogens with zero attached hydrogens (tertiary/aromatic N) is 3. The molecule has 26 heavy (non-hydrogen) atoms. The maximum atomic E-state index is 12.7. The molecule has 2 aromatic heterocycles. The minimum absolute atomic E-state index is 0.115. The Balaban J connectivity index is 1.81. The number of ether oxygens (including phenoxy) is 1.